The monoisotopic (exact) mass is 380 g/mol. The second-order valence-corrected chi connectivity index (χ2v) is 6.78. The van der Waals surface area contributed by atoms with Gasteiger partial charge in [-0.2, -0.15) is 5.26 Å². The van der Waals surface area contributed by atoms with Crippen LogP contribution in [0.3, 0.4) is 0 Å². The van der Waals surface area contributed by atoms with Crippen LogP contribution in [0.1, 0.15) is 17.0 Å². The van der Waals surface area contributed by atoms with Gasteiger partial charge in [0.05, 0.1) is 36.3 Å². The molecular weight excluding hydrogens is 364 g/mol. The minimum absolute atomic E-state index is 0.0390. The summed E-state index contributed by atoms with van der Waals surface area (Å²) in [6.07, 6.45) is 0. The number of aromatic amines is 1. The number of fused-ring (bicyclic) bond motifs is 1. The molecule has 0 fully saturated rings. The van der Waals surface area contributed by atoms with E-state index in [1.807, 2.05) is 29.6 Å². The molecule has 0 radical (unpaired) electrons. The molecule has 7 nitrogen and oxygen atoms in total. The van der Waals surface area contributed by atoms with Crippen molar-refractivity contribution in [2.24, 2.45) is 5.73 Å². The minimum Gasteiger partial charge on any atom is -0.497 e. The van der Waals surface area contributed by atoms with Crippen molar-refractivity contribution in [3.63, 3.8) is 0 Å². The highest BCUT2D eigenvalue weighted by atomic mass is 32.1. The van der Waals surface area contributed by atoms with Crippen molar-refractivity contribution >= 4 is 11.3 Å². The molecule has 1 aromatic carbocycles. The number of allylic oxidation sites excluding steroid dienone is 1. The van der Waals surface area contributed by atoms with Gasteiger partial charge in [-0.25, -0.2) is 0 Å². The molecule has 3 N–H and O–H groups in total. The predicted molar refractivity (Wildman–Crippen MR) is 101 cm³/mol. The molecular formula is C19H16N4O3S. The zero-order valence-corrected chi connectivity index (χ0v) is 15.5. The first-order valence-electron chi connectivity index (χ1n) is 8.09. The van der Waals surface area contributed by atoms with Crippen molar-refractivity contribution < 1.29 is 14.2 Å². The normalized spacial score (nSPS) is 15.7. The summed E-state index contributed by atoms with van der Waals surface area (Å²) in [5.74, 6) is 1.17. The lowest BCUT2D eigenvalue weighted by atomic mass is 9.83. The SMILES string of the molecule is COc1ccc([C@H]2C(C#N)=C(N)Oc3n[nH]c(-c4cccs4)c32)c(OC)c1. The van der Waals surface area contributed by atoms with Crippen LogP contribution < -0.4 is 19.9 Å². The molecule has 3 heterocycles. The average Bonchev–Trinajstić information content (AvgIpc) is 3.35. The zero-order valence-electron chi connectivity index (χ0n) is 14.6. The lowest BCUT2D eigenvalue weighted by Gasteiger charge is -2.25. The van der Waals surface area contributed by atoms with Gasteiger partial charge in [0.25, 0.3) is 0 Å². The van der Waals surface area contributed by atoms with Crippen molar-refractivity contribution in [2.75, 3.05) is 14.2 Å². The number of ether oxygens (including phenoxy) is 3. The molecule has 1 aliphatic heterocycles. The fraction of sp³-hybridized carbons (Fsp3) is 0.158. The highest BCUT2D eigenvalue weighted by molar-refractivity contribution is 7.13. The number of nitrogens with one attached hydrogen (secondary N) is 1. The quantitative estimate of drug-likeness (QED) is 0.719. The second kappa shape index (κ2) is 6.70. The Morgan fingerprint density at radius 2 is 2.15 bits per heavy atom. The Balaban J connectivity index is 1.97. The summed E-state index contributed by atoms with van der Waals surface area (Å²) in [5.41, 5.74) is 8.67. The average molecular weight is 380 g/mol. The third-order valence-corrected chi connectivity index (χ3v) is 5.35. The summed E-state index contributed by atoms with van der Waals surface area (Å²) in [4.78, 5) is 0.989. The topological polar surface area (TPSA) is 106 Å². The highest BCUT2D eigenvalue weighted by Crippen LogP contribution is 2.48. The maximum atomic E-state index is 9.78. The number of thiophene rings is 1. The van der Waals surface area contributed by atoms with Crippen molar-refractivity contribution in [2.45, 2.75) is 5.92 Å². The lowest BCUT2D eigenvalue weighted by molar-refractivity contribution is 0.373. The highest BCUT2D eigenvalue weighted by Gasteiger charge is 2.37. The Labute approximate surface area is 159 Å². The van der Waals surface area contributed by atoms with Crippen LogP contribution in [0, 0.1) is 11.3 Å². The molecule has 1 atom stereocenters. The number of H-pyrrole nitrogens is 1. The number of hydrogen-bond donors (Lipinski definition) is 2. The maximum Gasteiger partial charge on any atom is 0.244 e. The van der Waals surface area contributed by atoms with Gasteiger partial charge in [-0.15, -0.1) is 16.4 Å². The van der Waals surface area contributed by atoms with E-state index in [0.29, 0.717) is 23.0 Å². The lowest BCUT2D eigenvalue weighted by Crippen LogP contribution is -2.21. The summed E-state index contributed by atoms with van der Waals surface area (Å²) < 4.78 is 16.5. The largest absolute Gasteiger partial charge is 0.497 e. The van der Waals surface area contributed by atoms with Crippen LogP contribution in [-0.4, -0.2) is 24.4 Å². The van der Waals surface area contributed by atoms with Crippen LogP contribution in [0.4, 0.5) is 0 Å². The standard InChI is InChI=1S/C19H16N4O3S/c1-24-10-5-6-11(13(8-10)25-2)15-12(9-20)18(21)26-19-16(15)17(22-23-19)14-4-3-7-27-14/h3-8,15H,21H2,1-2H3,(H,22,23)/t15-/m0/s1. The van der Waals surface area contributed by atoms with Gasteiger partial charge in [0, 0.05) is 11.6 Å². The first kappa shape index (κ1) is 17.0. The molecule has 0 amide bonds. The smallest absolute Gasteiger partial charge is 0.244 e. The maximum absolute atomic E-state index is 9.78. The van der Waals surface area contributed by atoms with Crippen LogP contribution in [0.2, 0.25) is 0 Å². The van der Waals surface area contributed by atoms with E-state index in [-0.39, 0.29) is 5.88 Å². The van der Waals surface area contributed by atoms with E-state index in [4.69, 9.17) is 19.9 Å². The van der Waals surface area contributed by atoms with Gasteiger partial charge in [0.2, 0.25) is 11.8 Å². The van der Waals surface area contributed by atoms with Gasteiger partial charge in [0.1, 0.15) is 23.1 Å². The summed E-state index contributed by atoms with van der Waals surface area (Å²) in [5, 5.41) is 19.0. The van der Waals surface area contributed by atoms with E-state index in [1.54, 1.807) is 31.6 Å². The van der Waals surface area contributed by atoms with Gasteiger partial charge >= 0.3 is 0 Å². The van der Waals surface area contributed by atoms with Crippen LogP contribution in [-0.2, 0) is 0 Å². The number of nitrogens with zero attached hydrogens (tertiary/aromatic N) is 2. The molecule has 1 aliphatic rings. The van der Waals surface area contributed by atoms with Crippen molar-refractivity contribution in [3.05, 3.63) is 58.3 Å². The van der Waals surface area contributed by atoms with Crippen LogP contribution in [0.15, 0.2) is 47.2 Å². The molecule has 4 rings (SSSR count). The molecule has 136 valence electrons. The number of benzene rings is 1. The number of methoxy groups -OCH3 is 2. The molecule has 8 heteroatoms. The molecule has 3 aromatic rings. The number of nitriles is 1. The van der Waals surface area contributed by atoms with Crippen molar-refractivity contribution in [3.8, 4) is 34.0 Å². The molecule has 0 unspecified atom stereocenters. The van der Waals surface area contributed by atoms with Gasteiger partial charge < -0.3 is 19.9 Å². The molecule has 0 saturated carbocycles. The Bertz CT molecular complexity index is 1060. The Kier molecular flexibility index (Phi) is 4.22. The van der Waals surface area contributed by atoms with Gasteiger partial charge in [-0.1, -0.05) is 12.1 Å². The van der Waals surface area contributed by atoms with Gasteiger partial charge in [-0.3, -0.25) is 5.10 Å². The van der Waals surface area contributed by atoms with Gasteiger partial charge in [-0.05, 0) is 17.5 Å². The molecule has 0 saturated heterocycles. The molecule has 27 heavy (non-hydrogen) atoms. The Hall–Kier alpha value is -3.44. The first-order chi connectivity index (χ1) is 13.2. The number of rotatable bonds is 4. The Morgan fingerprint density at radius 1 is 1.30 bits per heavy atom. The van der Waals surface area contributed by atoms with E-state index in [0.717, 1.165) is 21.7 Å². The summed E-state index contributed by atoms with van der Waals surface area (Å²) in [6, 6.07) is 11.6. The van der Waals surface area contributed by atoms with E-state index < -0.39 is 5.92 Å². The van der Waals surface area contributed by atoms with E-state index in [9.17, 15) is 5.26 Å². The molecule has 0 bridgehead atoms. The fourth-order valence-electron chi connectivity index (χ4n) is 3.22. The number of hydrogen-bond acceptors (Lipinski definition) is 7. The van der Waals surface area contributed by atoms with Crippen molar-refractivity contribution in [1.82, 2.24) is 10.2 Å². The minimum atomic E-state index is -0.476. The molecule has 0 aliphatic carbocycles. The summed E-state index contributed by atoms with van der Waals surface area (Å²) in [7, 11) is 3.16. The number of aromatic nitrogens is 2. The number of nitrogens with two attached hydrogens (primary N) is 1. The van der Waals surface area contributed by atoms with E-state index >= 15 is 0 Å². The molecule has 0 spiro atoms. The predicted octanol–water partition coefficient (Wildman–Crippen LogP) is 3.37. The van der Waals surface area contributed by atoms with E-state index in [2.05, 4.69) is 16.3 Å². The van der Waals surface area contributed by atoms with Crippen LogP contribution >= 0.6 is 11.3 Å². The van der Waals surface area contributed by atoms with Crippen LogP contribution in [0.25, 0.3) is 10.6 Å². The van der Waals surface area contributed by atoms with Gasteiger partial charge in [0.15, 0.2) is 0 Å². The fourth-order valence-corrected chi connectivity index (χ4v) is 3.96. The van der Waals surface area contributed by atoms with Crippen LogP contribution in [0.5, 0.6) is 17.4 Å². The molecule has 2 aromatic heterocycles. The summed E-state index contributed by atoms with van der Waals surface area (Å²) in [6.45, 7) is 0. The third kappa shape index (κ3) is 2.69. The second-order valence-electron chi connectivity index (χ2n) is 5.83. The van der Waals surface area contributed by atoms with Crippen molar-refractivity contribution in [1.29, 1.82) is 5.26 Å². The zero-order chi connectivity index (χ0) is 19.0. The third-order valence-electron chi connectivity index (χ3n) is 4.46. The summed E-state index contributed by atoms with van der Waals surface area (Å²) >= 11 is 1.57. The first-order valence-corrected chi connectivity index (χ1v) is 8.97. The van der Waals surface area contributed by atoms with E-state index in [1.165, 1.54) is 0 Å². The Morgan fingerprint density at radius 3 is 2.81 bits per heavy atom.